The van der Waals surface area contributed by atoms with Crippen LogP contribution < -0.4 is 9.47 Å². The Morgan fingerprint density at radius 1 is 1.08 bits per heavy atom. The molecule has 1 N–H and O–H groups in total. The van der Waals surface area contributed by atoms with E-state index in [9.17, 15) is 14.7 Å². The number of benzene rings is 2. The molecule has 7 heteroatoms. The highest BCUT2D eigenvalue weighted by Gasteiger charge is 2.26. The Balaban J connectivity index is 2.29. The van der Waals surface area contributed by atoms with E-state index in [1.54, 1.807) is 34.9 Å². The predicted molar refractivity (Wildman–Crippen MR) is 94.3 cm³/mol. The van der Waals surface area contributed by atoms with Gasteiger partial charge in [0.05, 0.1) is 19.7 Å². The van der Waals surface area contributed by atoms with Gasteiger partial charge in [-0.15, -0.1) is 0 Å². The Kier molecular flexibility index (Phi) is 4.79. The van der Waals surface area contributed by atoms with E-state index in [0.29, 0.717) is 22.3 Å². The summed E-state index contributed by atoms with van der Waals surface area (Å²) in [5.41, 5.74) is 1.20. The number of fused-ring (bicyclic) bond motifs is 1. The lowest BCUT2D eigenvalue weighted by molar-refractivity contribution is -0.142. The standard InChI is InChI=1S/C19H17NO6/c1-24-13-8-9-15-14(10-13)18(26-11-16(21)25-2)17(19(22)23)20(15)12-6-4-3-5-7-12/h3-10H,11H2,1-2H3,(H,22,23). The minimum absolute atomic E-state index is 0.0802. The number of hydrogen-bond acceptors (Lipinski definition) is 5. The Hall–Kier alpha value is -3.48. The molecule has 134 valence electrons. The van der Waals surface area contributed by atoms with Crippen molar-refractivity contribution in [2.24, 2.45) is 0 Å². The summed E-state index contributed by atoms with van der Waals surface area (Å²) in [5.74, 6) is -1.16. The lowest BCUT2D eigenvalue weighted by Gasteiger charge is -2.09. The Morgan fingerprint density at radius 3 is 2.42 bits per heavy atom. The second-order valence-electron chi connectivity index (χ2n) is 5.40. The van der Waals surface area contributed by atoms with Gasteiger partial charge in [-0.05, 0) is 30.3 Å². The van der Waals surface area contributed by atoms with E-state index in [1.165, 1.54) is 14.2 Å². The molecule has 1 aromatic heterocycles. The first kappa shape index (κ1) is 17.3. The molecule has 0 amide bonds. The van der Waals surface area contributed by atoms with Crippen molar-refractivity contribution in [3.63, 3.8) is 0 Å². The molecule has 7 nitrogen and oxygen atoms in total. The van der Waals surface area contributed by atoms with Gasteiger partial charge in [0.1, 0.15) is 5.75 Å². The number of para-hydroxylation sites is 1. The zero-order valence-corrected chi connectivity index (χ0v) is 14.3. The zero-order valence-electron chi connectivity index (χ0n) is 14.3. The number of esters is 1. The number of carboxylic acid groups (broad SMARTS) is 1. The van der Waals surface area contributed by atoms with Gasteiger partial charge in [-0.25, -0.2) is 9.59 Å². The van der Waals surface area contributed by atoms with Gasteiger partial charge in [0.25, 0.3) is 0 Å². The molecule has 0 fully saturated rings. The number of aromatic carboxylic acids is 1. The number of carbonyl (C=O) groups is 2. The first-order chi connectivity index (χ1) is 12.6. The van der Waals surface area contributed by atoms with Crippen LogP contribution in [0, 0.1) is 0 Å². The van der Waals surface area contributed by atoms with Crippen molar-refractivity contribution >= 4 is 22.8 Å². The minimum atomic E-state index is -1.18. The van der Waals surface area contributed by atoms with E-state index in [2.05, 4.69) is 4.74 Å². The topological polar surface area (TPSA) is 87.0 Å². The van der Waals surface area contributed by atoms with E-state index in [4.69, 9.17) is 9.47 Å². The predicted octanol–water partition coefficient (Wildman–Crippen LogP) is 2.89. The van der Waals surface area contributed by atoms with Crippen LogP contribution in [0.15, 0.2) is 48.5 Å². The normalized spacial score (nSPS) is 10.5. The molecule has 3 rings (SSSR count). The third-order valence-corrected chi connectivity index (χ3v) is 3.91. The lowest BCUT2D eigenvalue weighted by Crippen LogP contribution is -2.15. The number of nitrogens with zero attached hydrogens (tertiary/aromatic N) is 1. The van der Waals surface area contributed by atoms with E-state index >= 15 is 0 Å². The first-order valence-corrected chi connectivity index (χ1v) is 7.77. The van der Waals surface area contributed by atoms with Crippen molar-refractivity contribution in [2.45, 2.75) is 0 Å². The minimum Gasteiger partial charge on any atom is -0.497 e. The SMILES string of the molecule is COC(=O)COc1c(C(=O)O)n(-c2ccccc2)c2ccc(OC)cc12. The highest BCUT2D eigenvalue weighted by Crippen LogP contribution is 2.37. The molecule has 0 radical (unpaired) electrons. The number of hydrogen-bond donors (Lipinski definition) is 1. The van der Waals surface area contributed by atoms with Crippen molar-refractivity contribution in [1.82, 2.24) is 4.57 Å². The average molecular weight is 355 g/mol. The van der Waals surface area contributed by atoms with Gasteiger partial charge in [0.2, 0.25) is 0 Å². The lowest BCUT2D eigenvalue weighted by atomic mass is 10.2. The van der Waals surface area contributed by atoms with Gasteiger partial charge in [0.15, 0.2) is 18.1 Å². The van der Waals surface area contributed by atoms with Gasteiger partial charge in [0, 0.05) is 11.1 Å². The van der Waals surface area contributed by atoms with Crippen LogP contribution in [0.5, 0.6) is 11.5 Å². The number of carboxylic acids is 1. The molecule has 3 aromatic rings. The second kappa shape index (κ2) is 7.18. The highest BCUT2D eigenvalue weighted by atomic mass is 16.6. The van der Waals surface area contributed by atoms with Crippen LogP contribution in [0.25, 0.3) is 16.6 Å². The smallest absolute Gasteiger partial charge is 0.356 e. The molecule has 26 heavy (non-hydrogen) atoms. The van der Waals surface area contributed by atoms with Crippen molar-refractivity contribution in [3.05, 3.63) is 54.2 Å². The fourth-order valence-corrected chi connectivity index (χ4v) is 2.74. The monoisotopic (exact) mass is 355 g/mol. The molecular weight excluding hydrogens is 338 g/mol. The van der Waals surface area contributed by atoms with Crippen LogP contribution in [0.4, 0.5) is 0 Å². The third kappa shape index (κ3) is 3.06. The number of ether oxygens (including phenoxy) is 3. The van der Waals surface area contributed by atoms with Crippen LogP contribution in [0.1, 0.15) is 10.5 Å². The molecule has 0 saturated carbocycles. The quantitative estimate of drug-likeness (QED) is 0.684. The molecule has 0 saturated heterocycles. The molecule has 0 atom stereocenters. The van der Waals surface area contributed by atoms with Gasteiger partial charge in [-0.3, -0.25) is 0 Å². The molecule has 1 heterocycles. The molecule has 2 aromatic carbocycles. The van der Waals surface area contributed by atoms with Gasteiger partial charge in [-0.1, -0.05) is 18.2 Å². The van der Waals surface area contributed by atoms with Crippen LogP contribution in [0.2, 0.25) is 0 Å². The largest absolute Gasteiger partial charge is 0.497 e. The van der Waals surface area contributed by atoms with Gasteiger partial charge >= 0.3 is 11.9 Å². The zero-order chi connectivity index (χ0) is 18.7. The molecule has 0 aliphatic rings. The Labute approximate surface area is 149 Å². The van der Waals surface area contributed by atoms with Crippen LogP contribution >= 0.6 is 0 Å². The molecular formula is C19H17NO6. The summed E-state index contributed by atoms with van der Waals surface area (Å²) in [5, 5.41) is 10.3. The summed E-state index contributed by atoms with van der Waals surface area (Å²) in [7, 11) is 2.75. The van der Waals surface area contributed by atoms with Crippen LogP contribution in [-0.2, 0) is 9.53 Å². The van der Waals surface area contributed by atoms with E-state index < -0.39 is 18.5 Å². The maximum absolute atomic E-state index is 12.0. The highest BCUT2D eigenvalue weighted by molar-refractivity contribution is 6.03. The van der Waals surface area contributed by atoms with Gasteiger partial charge in [-0.2, -0.15) is 0 Å². The van der Waals surface area contributed by atoms with Crippen molar-refractivity contribution in [2.75, 3.05) is 20.8 Å². The van der Waals surface area contributed by atoms with Crippen molar-refractivity contribution in [3.8, 4) is 17.2 Å². The van der Waals surface area contributed by atoms with E-state index in [-0.39, 0.29) is 11.4 Å². The third-order valence-electron chi connectivity index (χ3n) is 3.91. The fraction of sp³-hybridized carbons (Fsp3) is 0.158. The maximum atomic E-state index is 12.0. The van der Waals surface area contributed by atoms with Crippen LogP contribution in [-0.4, -0.2) is 42.4 Å². The van der Waals surface area contributed by atoms with Gasteiger partial charge < -0.3 is 23.9 Å². The molecule has 0 spiro atoms. The Morgan fingerprint density at radius 2 is 1.81 bits per heavy atom. The summed E-state index contributed by atoms with van der Waals surface area (Å²) >= 11 is 0. The van der Waals surface area contributed by atoms with Crippen LogP contribution in [0.3, 0.4) is 0 Å². The summed E-state index contributed by atoms with van der Waals surface area (Å²) in [6, 6.07) is 14.2. The number of aromatic nitrogens is 1. The summed E-state index contributed by atoms with van der Waals surface area (Å²) in [4.78, 5) is 23.5. The summed E-state index contributed by atoms with van der Waals surface area (Å²) < 4.78 is 16.9. The molecule has 0 unspecified atom stereocenters. The second-order valence-corrected chi connectivity index (χ2v) is 5.40. The van der Waals surface area contributed by atoms with E-state index in [1.807, 2.05) is 18.2 Å². The Bertz CT molecular complexity index is 961. The molecule has 0 bridgehead atoms. The van der Waals surface area contributed by atoms with E-state index in [0.717, 1.165) is 0 Å². The average Bonchev–Trinajstić information content (AvgIpc) is 3.00. The summed E-state index contributed by atoms with van der Waals surface area (Å²) in [6.45, 7) is -0.401. The van der Waals surface area contributed by atoms with Crippen molar-refractivity contribution < 1.29 is 28.9 Å². The fourth-order valence-electron chi connectivity index (χ4n) is 2.74. The number of carbonyl (C=O) groups excluding carboxylic acids is 1. The molecule has 0 aliphatic heterocycles. The van der Waals surface area contributed by atoms with Crippen molar-refractivity contribution in [1.29, 1.82) is 0 Å². The maximum Gasteiger partial charge on any atom is 0.356 e. The summed E-state index contributed by atoms with van der Waals surface area (Å²) in [6.07, 6.45) is 0. The molecule has 0 aliphatic carbocycles. The first-order valence-electron chi connectivity index (χ1n) is 7.77. The number of rotatable bonds is 6. The number of methoxy groups -OCH3 is 2.